The minimum atomic E-state index is -3.40. The van der Waals surface area contributed by atoms with Crippen LogP contribution >= 0.6 is 22.9 Å². The summed E-state index contributed by atoms with van der Waals surface area (Å²) in [6, 6.07) is 16.6. The highest BCUT2D eigenvalue weighted by Crippen LogP contribution is 2.46. The number of anilines is 1. The number of aromatic carboxylic acids is 1. The van der Waals surface area contributed by atoms with E-state index in [0.717, 1.165) is 22.6 Å². The molecule has 2 N–H and O–H groups in total. The third-order valence-electron chi connectivity index (χ3n) is 6.24. The minimum absolute atomic E-state index is 0.0154. The summed E-state index contributed by atoms with van der Waals surface area (Å²) in [5.74, 6) is -1.93. The Bertz CT molecular complexity index is 1450. The van der Waals surface area contributed by atoms with Crippen molar-refractivity contribution in [2.75, 3.05) is 25.0 Å². The van der Waals surface area contributed by atoms with Gasteiger partial charge in [-0.1, -0.05) is 54.1 Å². The van der Waals surface area contributed by atoms with Gasteiger partial charge in [-0.05, 0) is 49.9 Å². The number of carbonyl (C=O) groups excluding carboxylic acids is 1. The number of halogens is 1. The number of piperidine rings is 1. The van der Waals surface area contributed by atoms with E-state index in [2.05, 4.69) is 5.32 Å². The first kappa shape index (κ1) is 29.9. The summed E-state index contributed by atoms with van der Waals surface area (Å²) in [5, 5.41) is 13.3. The zero-order valence-corrected chi connectivity index (χ0v) is 24.5. The lowest BCUT2D eigenvalue weighted by molar-refractivity contribution is -0.149. The Labute approximate surface area is 242 Å². The number of carboxylic acid groups (broad SMARTS) is 1. The van der Waals surface area contributed by atoms with Crippen molar-refractivity contribution in [1.29, 1.82) is 0 Å². The van der Waals surface area contributed by atoms with Gasteiger partial charge in [-0.15, -0.1) is 11.3 Å². The zero-order valence-electron chi connectivity index (χ0n) is 22.1. The highest BCUT2D eigenvalue weighted by Gasteiger charge is 2.29. The third-order valence-corrected chi connectivity index (χ3v) is 9.77. The number of sulfonamides is 1. The lowest BCUT2D eigenvalue weighted by atomic mass is 10.1. The number of nitrogens with zero attached hydrogens (tertiary/aromatic N) is 1. The summed E-state index contributed by atoms with van der Waals surface area (Å²) in [7, 11) is -3.40. The molecule has 1 aliphatic heterocycles. The molecule has 0 aliphatic carbocycles. The predicted octanol–water partition coefficient (Wildman–Crippen LogP) is 5.50. The summed E-state index contributed by atoms with van der Waals surface area (Å²) in [5.41, 5.74) is 2.25. The Kier molecular flexibility index (Phi) is 9.72. The molecule has 9 nitrogen and oxygen atoms in total. The Morgan fingerprint density at radius 1 is 1.12 bits per heavy atom. The largest absolute Gasteiger partial charge is 0.479 e. The molecule has 40 heavy (non-hydrogen) atoms. The van der Waals surface area contributed by atoms with Gasteiger partial charge in [0.05, 0.1) is 16.7 Å². The number of esters is 1. The predicted molar refractivity (Wildman–Crippen MR) is 156 cm³/mol. The van der Waals surface area contributed by atoms with Gasteiger partial charge in [0.2, 0.25) is 10.0 Å². The molecule has 0 radical (unpaired) electrons. The van der Waals surface area contributed by atoms with E-state index >= 15 is 0 Å². The molecule has 0 saturated carbocycles. The zero-order chi connectivity index (χ0) is 28.9. The summed E-state index contributed by atoms with van der Waals surface area (Å²) in [6.07, 6.45) is 0.960. The van der Waals surface area contributed by atoms with Crippen molar-refractivity contribution in [2.45, 2.75) is 44.6 Å². The molecular formula is C28H31ClN2O7S2. The van der Waals surface area contributed by atoms with Crippen LogP contribution in [0.1, 0.15) is 41.9 Å². The molecule has 2 aromatic carbocycles. The molecule has 0 spiro atoms. The van der Waals surface area contributed by atoms with Crippen LogP contribution in [0.2, 0.25) is 5.02 Å². The van der Waals surface area contributed by atoms with E-state index in [4.69, 9.17) is 21.1 Å². The molecule has 1 aliphatic rings. The molecule has 0 atom stereocenters. The highest BCUT2D eigenvalue weighted by molar-refractivity contribution is 7.88. The number of carbonyl (C=O) groups is 2. The molecule has 3 aromatic rings. The first-order chi connectivity index (χ1) is 19.0. The lowest BCUT2D eigenvalue weighted by Crippen LogP contribution is -2.42. The fraction of sp³-hybridized carbons (Fsp3) is 0.357. The second-order valence-corrected chi connectivity index (χ2v) is 13.0. The van der Waals surface area contributed by atoms with Gasteiger partial charge in [-0.25, -0.2) is 22.3 Å². The second kappa shape index (κ2) is 13.0. The molecule has 0 bridgehead atoms. The summed E-state index contributed by atoms with van der Waals surface area (Å²) >= 11 is 7.51. The van der Waals surface area contributed by atoms with Gasteiger partial charge >= 0.3 is 11.9 Å². The monoisotopic (exact) mass is 606 g/mol. The van der Waals surface area contributed by atoms with E-state index in [1.165, 1.54) is 0 Å². The Balaban J connectivity index is 1.42. The number of hydrogen-bond donors (Lipinski definition) is 2. The molecule has 1 fully saturated rings. The minimum Gasteiger partial charge on any atom is -0.479 e. The number of rotatable bonds is 11. The molecular weight excluding hydrogens is 576 g/mol. The Morgan fingerprint density at radius 2 is 1.82 bits per heavy atom. The highest BCUT2D eigenvalue weighted by atomic mass is 35.5. The molecule has 1 saturated heterocycles. The summed E-state index contributed by atoms with van der Waals surface area (Å²) in [6.45, 7) is 3.79. The maximum absolute atomic E-state index is 12.9. The number of benzene rings is 2. The van der Waals surface area contributed by atoms with Crippen molar-refractivity contribution in [3.05, 3.63) is 70.1 Å². The smallest absolute Gasteiger partial charge is 0.349 e. The van der Waals surface area contributed by atoms with E-state index in [1.807, 2.05) is 54.6 Å². The Hall–Kier alpha value is -3.12. The standard InChI is InChI=1S/C28H31ClN2O7S2/c1-18(2)38-23(32)16-37-25-24(29)26(39-27(25)28(33)34)20-9-6-10-22(15-20)30-21-11-13-31(14-12-21)40(35,36)17-19-7-4-3-5-8-19/h3-10,15,18,21,30H,11-14,16-17H2,1-2H3,(H,33,34). The van der Waals surface area contributed by atoms with Crippen molar-refractivity contribution in [2.24, 2.45) is 0 Å². The van der Waals surface area contributed by atoms with Crippen LogP contribution in [0.3, 0.4) is 0 Å². The van der Waals surface area contributed by atoms with Crippen LogP contribution in [0.5, 0.6) is 5.75 Å². The van der Waals surface area contributed by atoms with E-state index in [9.17, 15) is 23.1 Å². The van der Waals surface area contributed by atoms with Crippen molar-refractivity contribution in [3.8, 4) is 16.2 Å². The van der Waals surface area contributed by atoms with Crippen LogP contribution in [0.4, 0.5) is 5.69 Å². The van der Waals surface area contributed by atoms with Gasteiger partial charge in [0.25, 0.3) is 0 Å². The average Bonchev–Trinajstić information content (AvgIpc) is 3.24. The number of nitrogens with one attached hydrogen (secondary N) is 1. The van der Waals surface area contributed by atoms with Crippen LogP contribution < -0.4 is 10.1 Å². The maximum atomic E-state index is 12.9. The number of hydrogen-bond acceptors (Lipinski definition) is 8. The van der Waals surface area contributed by atoms with Gasteiger partial charge in [0.15, 0.2) is 17.2 Å². The quantitative estimate of drug-likeness (QED) is 0.274. The SMILES string of the molecule is CC(C)OC(=O)COc1c(C(=O)O)sc(-c2cccc(NC3CCN(S(=O)(=O)Cc4ccccc4)CC3)c2)c1Cl. The molecule has 1 aromatic heterocycles. The van der Waals surface area contributed by atoms with Gasteiger partial charge in [0.1, 0.15) is 5.02 Å². The number of ether oxygens (including phenoxy) is 2. The molecule has 12 heteroatoms. The van der Waals surface area contributed by atoms with Crippen LogP contribution in [0.25, 0.3) is 10.4 Å². The molecule has 0 unspecified atom stereocenters. The van der Waals surface area contributed by atoms with E-state index in [0.29, 0.717) is 36.4 Å². The van der Waals surface area contributed by atoms with Gasteiger partial charge in [-0.3, -0.25) is 0 Å². The van der Waals surface area contributed by atoms with Crippen molar-refractivity contribution in [3.63, 3.8) is 0 Å². The van der Waals surface area contributed by atoms with Crippen molar-refractivity contribution in [1.82, 2.24) is 4.31 Å². The first-order valence-corrected chi connectivity index (χ1v) is 15.6. The van der Waals surface area contributed by atoms with E-state index < -0.39 is 28.6 Å². The summed E-state index contributed by atoms with van der Waals surface area (Å²) < 4.78 is 37.8. The fourth-order valence-corrected chi connectivity index (χ4v) is 7.39. The van der Waals surface area contributed by atoms with Crippen LogP contribution in [0.15, 0.2) is 54.6 Å². The average molecular weight is 607 g/mol. The topological polar surface area (TPSA) is 122 Å². The molecule has 214 valence electrons. The fourth-order valence-electron chi connectivity index (χ4n) is 4.42. The molecule has 0 amide bonds. The van der Waals surface area contributed by atoms with Gasteiger partial charge in [0, 0.05) is 24.8 Å². The van der Waals surface area contributed by atoms with Gasteiger partial charge < -0.3 is 19.9 Å². The lowest BCUT2D eigenvalue weighted by Gasteiger charge is -2.32. The van der Waals surface area contributed by atoms with E-state index in [-0.39, 0.29) is 33.5 Å². The Morgan fingerprint density at radius 3 is 2.48 bits per heavy atom. The third kappa shape index (κ3) is 7.54. The van der Waals surface area contributed by atoms with Crippen LogP contribution in [-0.2, 0) is 25.3 Å². The number of carboxylic acids is 1. The summed E-state index contributed by atoms with van der Waals surface area (Å²) in [4.78, 5) is 24.2. The molecule has 2 heterocycles. The maximum Gasteiger partial charge on any atom is 0.349 e. The van der Waals surface area contributed by atoms with Crippen LogP contribution in [-0.4, -0.2) is 61.6 Å². The van der Waals surface area contributed by atoms with Crippen molar-refractivity contribution >= 4 is 50.6 Å². The number of thiophene rings is 1. The van der Waals surface area contributed by atoms with Gasteiger partial charge in [-0.2, -0.15) is 0 Å². The van der Waals surface area contributed by atoms with E-state index in [1.54, 1.807) is 18.2 Å². The normalized spacial score (nSPS) is 14.7. The van der Waals surface area contributed by atoms with Crippen molar-refractivity contribution < 1.29 is 32.6 Å². The molecule has 4 rings (SSSR count). The van der Waals surface area contributed by atoms with Crippen LogP contribution in [0, 0.1) is 0 Å². The first-order valence-electron chi connectivity index (χ1n) is 12.8. The second-order valence-electron chi connectivity index (χ2n) is 9.68.